The van der Waals surface area contributed by atoms with Crippen LogP contribution in [0.4, 0.5) is 5.69 Å². The summed E-state index contributed by atoms with van der Waals surface area (Å²) in [7, 11) is 0. The molecule has 0 saturated heterocycles. The van der Waals surface area contributed by atoms with Crippen molar-refractivity contribution in [1.29, 1.82) is 0 Å². The normalized spacial score (nSPS) is 13.8. The standard InChI is InChI=1S/C25H35NOS/c1-7-25(5,6)16-21(24(2,3)4)20-14-12-19(13-15-20)17-28-18-26-22-10-8-9-11-23(22)27/h8-15,18,21,27H,7,16-17H2,1-6H3. The number of para-hydroxylation sites is 2. The molecule has 0 spiro atoms. The van der Waals surface area contributed by atoms with Gasteiger partial charge in [0.05, 0.1) is 5.55 Å². The zero-order chi connectivity index (χ0) is 20.8. The molecule has 0 heterocycles. The van der Waals surface area contributed by atoms with Crippen LogP contribution in [0.2, 0.25) is 0 Å². The Balaban J connectivity index is 2.02. The number of rotatable bonds is 8. The molecule has 2 aromatic rings. The lowest BCUT2D eigenvalue weighted by Crippen LogP contribution is -2.25. The number of hydrogen-bond donors (Lipinski definition) is 1. The molecule has 0 amide bonds. The van der Waals surface area contributed by atoms with Gasteiger partial charge in [-0.15, -0.1) is 11.8 Å². The Morgan fingerprint density at radius 1 is 1.00 bits per heavy atom. The predicted octanol–water partition coefficient (Wildman–Crippen LogP) is 7.94. The Kier molecular flexibility index (Phi) is 7.77. The monoisotopic (exact) mass is 397 g/mol. The Bertz CT molecular complexity index is 772. The Hall–Kier alpha value is -1.74. The van der Waals surface area contributed by atoms with Crippen LogP contribution >= 0.6 is 11.8 Å². The third kappa shape index (κ3) is 6.70. The van der Waals surface area contributed by atoms with E-state index in [0.717, 1.165) is 5.75 Å². The topological polar surface area (TPSA) is 32.6 Å². The highest BCUT2D eigenvalue weighted by Crippen LogP contribution is 2.44. The van der Waals surface area contributed by atoms with Gasteiger partial charge < -0.3 is 5.11 Å². The molecule has 3 heteroatoms. The first kappa shape index (κ1) is 22.5. The molecule has 1 unspecified atom stereocenters. The lowest BCUT2D eigenvalue weighted by atomic mass is 9.68. The fourth-order valence-electron chi connectivity index (χ4n) is 3.27. The van der Waals surface area contributed by atoms with E-state index in [2.05, 4.69) is 70.8 Å². The molecule has 1 atom stereocenters. The number of aromatic hydroxyl groups is 1. The van der Waals surface area contributed by atoms with Crippen molar-refractivity contribution in [3.05, 3.63) is 59.7 Å². The highest BCUT2D eigenvalue weighted by molar-refractivity contribution is 8.11. The molecular formula is C25H35NOS. The van der Waals surface area contributed by atoms with Crippen molar-refractivity contribution in [1.82, 2.24) is 0 Å². The third-order valence-corrected chi connectivity index (χ3v) is 6.29. The van der Waals surface area contributed by atoms with E-state index in [-0.39, 0.29) is 11.2 Å². The van der Waals surface area contributed by atoms with E-state index in [1.165, 1.54) is 24.0 Å². The van der Waals surface area contributed by atoms with Gasteiger partial charge in [0.15, 0.2) is 0 Å². The van der Waals surface area contributed by atoms with Crippen molar-refractivity contribution in [3.63, 3.8) is 0 Å². The molecule has 0 radical (unpaired) electrons. The highest BCUT2D eigenvalue weighted by atomic mass is 32.2. The van der Waals surface area contributed by atoms with Crippen LogP contribution in [-0.2, 0) is 5.75 Å². The summed E-state index contributed by atoms with van der Waals surface area (Å²) in [6.07, 6.45) is 2.40. The molecule has 0 aliphatic rings. The first-order valence-corrected chi connectivity index (χ1v) is 11.2. The molecule has 152 valence electrons. The van der Waals surface area contributed by atoms with E-state index < -0.39 is 0 Å². The van der Waals surface area contributed by atoms with E-state index in [1.54, 1.807) is 23.9 Å². The number of phenolic OH excluding ortho intramolecular Hbond substituents is 1. The Morgan fingerprint density at radius 3 is 2.21 bits per heavy atom. The van der Waals surface area contributed by atoms with Crippen molar-refractivity contribution >= 4 is 23.0 Å². The van der Waals surface area contributed by atoms with E-state index in [1.807, 2.05) is 17.7 Å². The average molecular weight is 398 g/mol. The minimum atomic E-state index is 0.215. The quantitative estimate of drug-likeness (QED) is 0.362. The number of benzene rings is 2. The van der Waals surface area contributed by atoms with Crippen molar-refractivity contribution in [2.75, 3.05) is 0 Å². The second-order valence-electron chi connectivity index (χ2n) is 9.42. The molecular weight excluding hydrogens is 362 g/mol. The summed E-state index contributed by atoms with van der Waals surface area (Å²) in [5.41, 5.74) is 5.74. The van der Waals surface area contributed by atoms with Gasteiger partial charge in [0.25, 0.3) is 0 Å². The summed E-state index contributed by atoms with van der Waals surface area (Å²) in [4.78, 5) is 4.34. The number of phenols is 1. The van der Waals surface area contributed by atoms with Crippen LogP contribution in [0.3, 0.4) is 0 Å². The maximum atomic E-state index is 9.75. The summed E-state index contributed by atoms with van der Waals surface area (Å²) in [5.74, 6) is 1.64. The van der Waals surface area contributed by atoms with E-state index in [9.17, 15) is 5.11 Å². The van der Waals surface area contributed by atoms with Gasteiger partial charge in [0.1, 0.15) is 11.4 Å². The van der Waals surface area contributed by atoms with Crippen LogP contribution in [0, 0.1) is 10.8 Å². The summed E-state index contributed by atoms with van der Waals surface area (Å²) in [6.45, 7) is 14.1. The molecule has 2 nitrogen and oxygen atoms in total. The Labute approximate surface area is 175 Å². The van der Waals surface area contributed by atoms with Crippen LogP contribution in [0.15, 0.2) is 53.5 Å². The average Bonchev–Trinajstić information content (AvgIpc) is 2.64. The van der Waals surface area contributed by atoms with Gasteiger partial charge in [-0.25, -0.2) is 4.99 Å². The van der Waals surface area contributed by atoms with Crippen molar-refractivity contribution < 1.29 is 5.11 Å². The fraction of sp³-hybridized carbons (Fsp3) is 0.480. The first-order valence-electron chi connectivity index (χ1n) is 10.1. The Morgan fingerprint density at radius 2 is 1.64 bits per heavy atom. The maximum absolute atomic E-state index is 9.75. The van der Waals surface area contributed by atoms with E-state index in [4.69, 9.17) is 0 Å². The van der Waals surface area contributed by atoms with Crippen LogP contribution in [0.5, 0.6) is 5.75 Å². The number of hydrogen-bond acceptors (Lipinski definition) is 3. The van der Waals surface area contributed by atoms with Crippen LogP contribution < -0.4 is 0 Å². The van der Waals surface area contributed by atoms with Gasteiger partial charge >= 0.3 is 0 Å². The first-order chi connectivity index (χ1) is 13.1. The number of nitrogens with zero attached hydrogens (tertiary/aromatic N) is 1. The van der Waals surface area contributed by atoms with Crippen molar-refractivity contribution in [2.24, 2.45) is 15.8 Å². The zero-order valence-corrected chi connectivity index (χ0v) is 19.0. The summed E-state index contributed by atoms with van der Waals surface area (Å²) in [5, 5.41) is 9.75. The summed E-state index contributed by atoms with van der Waals surface area (Å²) in [6, 6.07) is 16.2. The summed E-state index contributed by atoms with van der Waals surface area (Å²) >= 11 is 1.64. The largest absolute Gasteiger partial charge is 0.506 e. The molecule has 0 fully saturated rings. The highest BCUT2D eigenvalue weighted by Gasteiger charge is 2.31. The second-order valence-corrected chi connectivity index (χ2v) is 10.2. The van der Waals surface area contributed by atoms with Crippen molar-refractivity contribution in [2.45, 2.75) is 66.1 Å². The SMILES string of the molecule is CCC(C)(C)CC(c1ccc(CSC=Nc2ccccc2O)cc1)C(C)(C)C. The molecule has 1 N–H and O–H groups in total. The van der Waals surface area contributed by atoms with Gasteiger partial charge in [0, 0.05) is 5.75 Å². The van der Waals surface area contributed by atoms with Crippen LogP contribution in [0.1, 0.15) is 71.4 Å². The second kappa shape index (κ2) is 9.65. The van der Waals surface area contributed by atoms with Gasteiger partial charge in [-0.2, -0.15) is 0 Å². The maximum Gasteiger partial charge on any atom is 0.141 e. The van der Waals surface area contributed by atoms with E-state index in [0.29, 0.717) is 17.0 Å². The predicted molar refractivity (Wildman–Crippen MR) is 125 cm³/mol. The zero-order valence-electron chi connectivity index (χ0n) is 18.2. The molecule has 0 aliphatic carbocycles. The summed E-state index contributed by atoms with van der Waals surface area (Å²) < 4.78 is 0. The van der Waals surface area contributed by atoms with Gasteiger partial charge in [-0.3, -0.25) is 0 Å². The number of aliphatic imine (C=N–C) groups is 1. The van der Waals surface area contributed by atoms with Gasteiger partial charge in [-0.05, 0) is 46.4 Å². The molecule has 2 aromatic carbocycles. The smallest absolute Gasteiger partial charge is 0.141 e. The van der Waals surface area contributed by atoms with Gasteiger partial charge in [-0.1, -0.05) is 84.4 Å². The van der Waals surface area contributed by atoms with Crippen LogP contribution in [0.25, 0.3) is 0 Å². The molecule has 0 aromatic heterocycles. The lowest BCUT2D eigenvalue weighted by Gasteiger charge is -2.37. The molecule has 0 saturated carbocycles. The molecule has 28 heavy (non-hydrogen) atoms. The molecule has 0 aliphatic heterocycles. The lowest BCUT2D eigenvalue weighted by molar-refractivity contribution is 0.209. The number of thioether (sulfide) groups is 1. The van der Waals surface area contributed by atoms with E-state index >= 15 is 0 Å². The fourth-order valence-corrected chi connectivity index (χ4v) is 3.92. The molecule has 2 rings (SSSR count). The third-order valence-electron chi connectivity index (χ3n) is 5.54. The minimum Gasteiger partial charge on any atom is -0.506 e. The van der Waals surface area contributed by atoms with Crippen LogP contribution in [-0.4, -0.2) is 10.7 Å². The van der Waals surface area contributed by atoms with Crippen molar-refractivity contribution in [3.8, 4) is 5.75 Å². The minimum absolute atomic E-state index is 0.215. The van der Waals surface area contributed by atoms with Gasteiger partial charge in [0.2, 0.25) is 0 Å². The molecule has 0 bridgehead atoms.